The molecule has 1 heterocycles. The fraction of sp³-hybridized carbons (Fsp3) is 0.231. The third-order valence-corrected chi connectivity index (χ3v) is 4.13. The molecule has 18 heavy (non-hydrogen) atoms. The van der Waals surface area contributed by atoms with Crippen LogP contribution in [0.2, 0.25) is 5.02 Å². The van der Waals surface area contributed by atoms with Crippen LogP contribution in [-0.2, 0) is 6.54 Å². The molecule has 0 aliphatic rings. The molecule has 5 heteroatoms. The van der Waals surface area contributed by atoms with E-state index in [9.17, 15) is 0 Å². The van der Waals surface area contributed by atoms with Gasteiger partial charge in [-0.1, -0.05) is 11.6 Å². The van der Waals surface area contributed by atoms with Crippen molar-refractivity contribution in [2.24, 2.45) is 0 Å². The van der Waals surface area contributed by atoms with Crippen LogP contribution >= 0.6 is 38.9 Å². The molecule has 0 saturated carbocycles. The van der Waals surface area contributed by atoms with Gasteiger partial charge in [0.05, 0.1) is 16.1 Å². The Hall–Kier alpha value is -0.710. The Bertz CT molecular complexity index is 529. The predicted octanol–water partition coefficient (Wildman–Crippen LogP) is 5.17. The maximum Gasteiger partial charge on any atom is 0.142 e. The number of hydrogen-bond acceptors (Lipinski definition) is 3. The third-order valence-electron chi connectivity index (χ3n) is 2.35. The minimum Gasteiger partial charge on any atom is -0.492 e. The van der Waals surface area contributed by atoms with Gasteiger partial charge >= 0.3 is 0 Å². The molecule has 0 spiro atoms. The standard InChI is InChI=1S/C13H13BrClNOS/c1-2-17-12-4-3-10(15)6-11(12)16-7-9-5-13(14)18-8-9/h3-6,8,16H,2,7H2,1H3. The highest BCUT2D eigenvalue weighted by Crippen LogP contribution is 2.29. The lowest BCUT2D eigenvalue weighted by atomic mass is 10.2. The summed E-state index contributed by atoms with van der Waals surface area (Å²) in [4.78, 5) is 0. The van der Waals surface area contributed by atoms with Gasteiger partial charge in [-0.3, -0.25) is 0 Å². The summed E-state index contributed by atoms with van der Waals surface area (Å²) in [6.07, 6.45) is 0. The lowest BCUT2D eigenvalue weighted by Crippen LogP contribution is -2.02. The summed E-state index contributed by atoms with van der Waals surface area (Å²) in [6.45, 7) is 3.36. The van der Waals surface area contributed by atoms with Crippen LogP contribution in [0.4, 0.5) is 5.69 Å². The maximum atomic E-state index is 6.00. The van der Waals surface area contributed by atoms with Crippen LogP contribution in [0.1, 0.15) is 12.5 Å². The zero-order valence-corrected chi connectivity index (χ0v) is 13.0. The van der Waals surface area contributed by atoms with Crippen LogP contribution in [0.5, 0.6) is 5.75 Å². The van der Waals surface area contributed by atoms with Crippen molar-refractivity contribution in [1.29, 1.82) is 0 Å². The van der Waals surface area contributed by atoms with Crippen molar-refractivity contribution in [1.82, 2.24) is 0 Å². The van der Waals surface area contributed by atoms with E-state index in [1.165, 1.54) is 5.56 Å². The molecule has 2 aromatic rings. The van der Waals surface area contributed by atoms with Crippen LogP contribution < -0.4 is 10.1 Å². The summed E-state index contributed by atoms with van der Waals surface area (Å²) in [5.41, 5.74) is 2.15. The number of nitrogens with one attached hydrogen (secondary N) is 1. The van der Waals surface area contributed by atoms with E-state index in [-0.39, 0.29) is 0 Å². The van der Waals surface area contributed by atoms with E-state index in [2.05, 4.69) is 32.7 Å². The lowest BCUT2D eigenvalue weighted by Gasteiger charge is -2.12. The smallest absolute Gasteiger partial charge is 0.142 e. The molecule has 0 amide bonds. The first-order valence-electron chi connectivity index (χ1n) is 5.58. The molecule has 0 aliphatic carbocycles. The van der Waals surface area contributed by atoms with Gasteiger partial charge in [-0.15, -0.1) is 11.3 Å². The number of anilines is 1. The van der Waals surface area contributed by atoms with Gasteiger partial charge < -0.3 is 10.1 Å². The summed E-state index contributed by atoms with van der Waals surface area (Å²) < 4.78 is 6.69. The largest absolute Gasteiger partial charge is 0.492 e. The first-order chi connectivity index (χ1) is 8.69. The predicted molar refractivity (Wildman–Crippen MR) is 82.0 cm³/mol. The van der Waals surface area contributed by atoms with Crippen LogP contribution in [0.15, 0.2) is 33.4 Å². The molecule has 96 valence electrons. The molecule has 0 atom stereocenters. The van der Waals surface area contributed by atoms with Gasteiger partial charge in [0.2, 0.25) is 0 Å². The number of rotatable bonds is 5. The highest BCUT2D eigenvalue weighted by Gasteiger charge is 2.05. The monoisotopic (exact) mass is 345 g/mol. The van der Waals surface area contributed by atoms with E-state index in [0.29, 0.717) is 11.6 Å². The second-order valence-electron chi connectivity index (χ2n) is 3.69. The van der Waals surface area contributed by atoms with Crippen molar-refractivity contribution < 1.29 is 4.74 Å². The highest BCUT2D eigenvalue weighted by atomic mass is 79.9. The molecule has 0 bridgehead atoms. The van der Waals surface area contributed by atoms with Gasteiger partial charge in [0.1, 0.15) is 5.75 Å². The van der Waals surface area contributed by atoms with E-state index in [1.54, 1.807) is 11.3 Å². The Labute approximate surface area is 124 Å². The van der Waals surface area contributed by atoms with Crippen LogP contribution in [0.25, 0.3) is 0 Å². The minimum atomic E-state index is 0.639. The summed E-state index contributed by atoms with van der Waals surface area (Å²) in [5.74, 6) is 0.830. The zero-order chi connectivity index (χ0) is 13.0. The summed E-state index contributed by atoms with van der Waals surface area (Å²) in [7, 11) is 0. The number of thiophene rings is 1. The first kappa shape index (κ1) is 13.7. The number of hydrogen-bond donors (Lipinski definition) is 1. The number of halogens is 2. The van der Waals surface area contributed by atoms with Gasteiger partial charge in [-0.25, -0.2) is 0 Å². The van der Waals surface area contributed by atoms with Crippen LogP contribution in [0.3, 0.4) is 0 Å². The molecule has 1 aromatic carbocycles. The van der Waals surface area contributed by atoms with Crippen molar-refractivity contribution in [3.63, 3.8) is 0 Å². The summed E-state index contributed by atoms with van der Waals surface area (Å²) in [6, 6.07) is 7.70. The van der Waals surface area contributed by atoms with E-state index in [4.69, 9.17) is 16.3 Å². The molecule has 2 rings (SSSR count). The van der Waals surface area contributed by atoms with E-state index >= 15 is 0 Å². The zero-order valence-electron chi connectivity index (χ0n) is 9.87. The average Bonchev–Trinajstić information content (AvgIpc) is 2.76. The van der Waals surface area contributed by atoms with E-state index < -0.39 is 0 Å². The Morgan fingerprint density at radius 2 is 2.22 bits per heavy atom. The Balaban J connectivity index is 2.09. The SMILES string of the molecule is CCOc1ccc(Cl)cc1NCc1csc(Br)c1. The molecule has 0 aliphatic heterocycles. The maximum absolute atomic E-state index is 6.00. The second-order valence-corrected chi connectivity index (χ2v) is 6.41. The normalized spacial score (nSPS) is 10.4. The van der Waals surface area contributed by atoms with E-state index in [0.717, 1.165) is 21.8 Å². The fourth-order valence-electron chi connectivity index (χ4n) is 1.56. The van der Waals surface area contributed by atoms with Crippen molar-refractivity contribution in [3.8, 4) is 5.75 Å². The van der Waals surface area contributed by atoms with Crippen molar-refractivity contribution in [2.45, 2.75) is 13.5 Å². The Morgan fingerprint density at radius 1 is 1.39 bits per heavy atom. The fourth-order valence-corrected chi connectivity index (χ4v) is 2.94. The molecular formula is C13H13BrClNOS. The quantitative estimate of drug-likeness (QED) is 0.806. The minimum absolute atomic E-state index is 0.639. The van der Waals surface area contributed by atoms with Gasteiger partial charge in [0.15, 0.2) is 0 Å². The molecule has 0 saturated heterocycles. The molecule has 1 N–H and O–H groups in total. The van der Waals surface area contributed by atoms with Gasteiger partial charge in [0, 0.05) is 11.6 Å². The lowest BCUT2D eigenvalue weighted by molar-refractivity contribution is 0.341. The van der Waals surface area contributed by atoms with Gasteiger partial charge in [-0.05, 0) is 58.1 Å². The van der Waals surface area contributed by atoms with Crippen molar-refractivity contribution >= 4 is 44.6 Å². The Morgan fingerprint density at radius 3 is 2.89 bits per heavy atom. The summed E-state index contributed by atoms with van der Waals surface area (Å²) >= 11 is 11.1. The van der Waals surface area contributed by atoms with Crippen molar-refractivity contribution in [3.05, 3.63) is 44.0 Å². The second kappa shape index (κ2) is 6.45. The molecule has 2 nitrogen and oxygen atoms in total. The average molecular weight is 347 g/mol. The van der Waals surface area contributed by atoms with Crippen LogP contribution in [0, 0.1) is 0 Å². The summed E-state index contributed by atoms with van der Waals surface area (Å²) in [5, 5.41) is 6.16. The van der Waals surface area contributed by atoms with Crippen LogP contribution in [-0.4, -0.2) is 6.61 Å². The third kappa shape index (κ3) is 3.64. The number of benzene rings is 1. The molecule has 0 fully saturated rings. The highest BCUT2D eigenvalue weighted by molar-refractivity contribution is 9.11. The molecule has 0 unspecified atom stereocenters. The van der Waals surface area contributed by atoms with Gasteiger partial charge in [-0.2, -0.15) is 0 Å². The topological polar surface area (TPSA) is 21.3 Å². The van der Waals surface area contributed by atoms with E-state index in [1.807, 2.05) is 25.1 Å². The molecule has 0 radical (unpaired) electrons. The Kier molecular flexibility index (Phi) is 4.92. The molecular weight excluding hydrogens is 334 g/mol. The van der Waals surface area contributed by atoms with Gasteiger partial charge in [0.25, 0.3) is 0 Å². The number of ether oxygens (including phenoxy) is 1. The first-order valence-corrected chi connectivity index (χ1v) is 7.63. The van der Waals surface area contributed by atoms with Crippen molar-refractivity contribution in [2.75, 3.05) is 11.9 Å². The molecule has 1 aromatic heterocycles.